The molecule has 1 fully saturated rings. The molecule has 8 heteroatoms. The maximum Gasteiger partial charge on any atom is 0.295 e. The molecular weight excluding hydrogens is 460 g/mol. The van der Waals surface area contributed by atoms with Crippen LogP contribution in [0.15, 0.2) is 54.6 Å². The van der Waals surface area contributed by atoms with Gasteiger partial charge in [0.25, 0.3) is 11.7 Å². The number of hydrogen-bond acceptors (Lipinski definition) is 7. The Kier molecular flexibility index (Phi) is 8.77. The Hall–Kier alpha value is -3.78. The Morgan fingerprint density at radius 2 is 1.89 bits per heavy atom. The van der Waals surface area contributed by atoms with Crippen molar-refractivity contribution in [3.05, 3.63) is 71.3 Å². The summed E-state index contributed by atoms with van der Waals surface area (Å²) in [5, 5.41) is 11.4. The zero-order valence-electron chi connectivity index (χ0n) is 21.5. The van der Waals surface area contributed by atoms with Gasteiger partial charge in [0.2, 0.25) is 0 Å². The molecule has 0 aliphatic carbocycles. The molecule has 0 radical (unpaired) electrons. The highest BCUT2D eigenvalue weighted by atomic mass is 16.5. The Bertz CT molecular complexity index is 1170. The lowest BCUT2D eigenvalue weighted by molar-refractivity contribution is -0.140. The molecule has 1 heterocycles. The number of methoxy groups -OCH3 is 1. The average Bonchev–Trinajstić information content (AvgIpc) is 3.10. The van der Waals surface area contributed by atoms with E-state index in [1.807, 2.05) is 32.8 Å². The molecule has 1 aliphatic heterocycles. The molecule has 1 atom stereocenters. The second kappa shape index (κ2) is 11.8. The molecule has 2 aromatic carbocycles. The minimum absolute atomic E-state index is 0.0350. The van der Waals surface area contributed by atoms with Gasteiger partial charge in [-0.2, -0.15) is 0 Å². The maximum absolute atomic E-state index is 13.3. The molecule has 36 heavy (non-hydrogen) atoms. The van der Waals surface area contributed by atoms with E-state index in [2.05, 4.69) is 6.58 Å². The van der Waals surface area contributed by atoms with E-state index in [-0.39, 0.29) is 11.3 Å². The van der Waals surface area contributed by atoms with Crippen molar-refractivity contribution in [3.63, 3.8) is 0 Å². The molecule has 0 aromatic heterocycles. The summed E-state index contributed by atoms with van der Waals surface area (Å²) in [6, 6.07) is 9.67. The number of benzene rings is 2. The van der Waals surface area contributed by atoms with E-state index in [1.54, 1.807) is 42.5 Å². The molecule has 8 nitrogen and oxygen atoms in total. The smallest absolute Gasteiger partial charge is 0.295 e. The maximum atomic E-state index is 13.3. The van der Waals surface area contributed by atoms with Crippen molar-refractivity contribution in [3.8, 4) is 17.2 Å². The van der Waals surface area contributed by atoms with Crippen LogP contribution in [0, 0.1) is 6.92 Å². The number of carbonyl (C=O) groups excluding carboxylic acids is 2. The summed E-state index contributed by atoms with van der Waals surface area (Å²) >= 11 is 0. The fourth-order valence-corrected chi connectivity index (χ4v) is 4.19. The van der Waals surface area contributed by atoms with Gasteiger partial charge in [0, 0.05) is 18.7 Å². The minimum atomic E-state index is -0.793. The number of carbonyl (C=O) groups is 2. The van der Waals surface area contributed by atoms with E-state index in [9.17, 15) is 14.7 Å². The summed E-state index contributed by atoms with van der Waals surface area (Å²) in [5.74, 6) is 0.0126. The van der Waals surface area contributed by atoms with E-state index in [0.29, 0.717) is 54.7 Å². The SMILES string of the molecule is C=CCOc1ccc(C2C(=C(O)c3ccc(OCC)cc3C)C(=O)C(=O)N2CCN(C)C)cc1OC. The number of hydrogen-bond donors (Lipinski definition) is 1. The van der Waals surface area contributed by atoms with Crippen molar-refractivity contribution in [1.82, 2.24) is 9.80 Å². The molecule has 2 aromatic rings. The lowest BCUT2D eigenvalue weighted by Crippen LogP contribution is -2.35. The summed E-state index contributed by atoms with van der Waals surface area (Å²) in [5.41, 5.74) is 1.85. The van der Waals surface area contributed by atoms with Crippen molar-refractivity contribution in [2.24, 2.45) is 0 Å². The lowest BCUT2D eigenvalue weighted by Gasteiger charge is -2.27. The fraction of sp³-hybridized carbons (Fsp3) is 0.357. The number of amides is 1. The van der Waals surface area contributed by atoms with Gasteiger partial charge in [-0.05, 0) is 69.4 Å². The second-order valence-electron chi connectivity index (χ2n) is 8.72. The van der Waals surface area contributed by atoms with Gasteiger partial charge in [0.15, 0.2) is 11.5 Å². The Balaban J connectivity index is 2.17. The number of Topliss-reactive ketones (excluding diaryl/α,β-unsaturated/α-hetero) is 1. The topological polar surface area (TPSA) is 88.5 Å². The number of nitrogens with zero attached hydrogens (tertiary/aromatic N) is 2. The first-order valence-electron chi connectivity index (χ1n) is 11.8. The summed E-state index contributed by atoms with van der Waals surface area (Å²) < 4.78 is 16.7. The molecule has 1 unspecified atom stereocenters. The molecule has 3 rings (SSSR count). The quantitative estimate of drug-likeness (QED) is 0.219. The molecule has 1 aliphatic rings. The zero-order valence-corrected chi connectivity index (χ0v) is 21.5. The predicted molar refractivity (Wildman–Crippen MR) is 139 cm³/mol. The van der Waals surface area contributed by atoms with Crippen LogP contribution in [-0.2, 0) is 9.59 Å². The van der Waals surface area contributed by atoms with E-state index in [0.717, 1.165) is 5.56 Å². The lowest BCUT2D eigenvalue weighted by atomic mass is 9.93. The molecule has 192 valence electrons. The highest BCUT2D eigenvalue weighted by Gasteiger charge is 2.46. The number of likely N-dealkylation sites (tertiary alicyclic amines) is 1. The van der Waals surface area contributed by atoms with Crippen molar-refractivity contribution < 1.29 is 28.9 Å². The molecule has 0 saturated carbocycles. The molecule has 0 spiro atoms. The van der Waals surface area contributed by atoms with Crippen molar-refractivity contribution in [2.45, 2.75) is 19.9 Å². The van der Waals surface area contributed by atoms with Gasteiger partial charge in [-0.25, -0.2) is 0 Å². The Labute approximate surface area is 212 Å². The number of aliphatic hydroxyl groups is 1. The highest BCUT2D eigenvalue weighted by molar-refractivity contribution is 6.46. The highest BCUT2D eigenvalue weighted by Crippen LogP contribution is 2.42. The first-order valence-corrected chi connectivity index (χ1v) is 11.8. The van der Waals surface area contributed by atoms with Crippen LogP contribution in [0.2, 0.25) is 0 Å². The molecule has 1 amide bonds. The van der Waals surface area contributed by atoms with Gasteiger partial charge >= 0.3 is 0 Å². The molecule has 0 bridgehead atoms. The first kappa shape index (κ1) is 26.8. The van der Waals surface area contributed by atoms with Gasteiger partial charge in [-0.15, -0.1) is 0 Å². The Morgan fingerprint density at radius 1 is 1.14 bits per heavy atom. The van der Waals surface area contributed by atoms with Crippen LogP contribution in [0.3, 0.4) is 0 Å². The summed E-state index contributed by atoms with van der Waals surface area (Å²) in [4.78, 5) is 29.9. The van der Waals surface area contributed by atoms with Crippen LogP contribution in [0.25, 0.3) is 5.76 Å². The molecular formula is C28H34N2O6. The number of ketones is 1. The van der Waals surface area contributed by atoms with Crippen LogP contribution in [0.5, 0.6) is 17.2 Å². The minimum Gasteiger partial charge on any atom is -0.507 e. The number of aliphatic hydroxyl groups excluding tert-OH is 1. The third-order valence-electron chi connectivity index (χ3n) is 5.95. The third kappa shape index (κ3) is 5.54. The number of likely N-dealkylation sites (N-methyl/N-ethyl adjacent to an activating group) is 1. The summed E-state index contributed by atoms with van der Waals surface area (Å²) in [6.07, 6.45) is 1.63. The third-order valence-corrected chi connectivity index (χ3v) is 5.95. The van der Waals surface area contributed by atoms with Gasteiger partial charge in [-0.1, -0.05) is 18.7 Å². The predicted octanol–water partition coefficient (Wildman–Crippen LogP) is 3.95. The van der Waals surface area contributed by atoms with Crippen LogP contribution >= 0.6 is 0 Å². The van der Waals surface area contributed by atoms with Gasteiger partial charge in [-0.3, -0.25) is 9.59 Å². The monoisotopic (exact) mass is 494 g/mol. The number of aryl methyl sites for hydroxylation is 1. The van der Waals surface area contributed by atoms with Crippen LogP contribution in [0.4, 0.5) is 0 Å². The molecule has 1 saturated heterocycles. The summed E-state index contributed by atoms with van der Waals surface area (Å²) in [6.45, 7) is 9.03. The first-order chi connectivity index (χ1) is 17.2. The van der Waals surface area contributed by atoms with Gasteiger partial charge in [0.1, 0.15) is 18.1 Å². The van der Waals surface area contributed by atoms with Crippen LogP contribution < -0.4 is 14.2 Å². The second-order valence-corrected chi connectivity index (χ2v) is 8.72. The van der Waals surface area contributed by atoms with Gasteiger partial charge < -0.3 is 29.1 Å². The molecule has 1 N–H and O–H groups in total. The van der Waals surface area contributed by atoms with E-state index in [4.69, 9.17) is 14.2 Å². The van der Waals surface area contributed by atoms with Crippen molar-refractivity contribution in [2.75, 3.05) is 47.5 Å². The van der Waals surface area contributed by atoms with Crippen molar-refractivity contribution in [1.29, 1.82) is 0 Å². The van der Waals surface area contributed by atoms with E-state index in [1.165, 1.54) is 12.0 Å². The summed E-state index contributed by atoms with van der Waals surface area (Å²) in [7, 11) is 5.31. The van der Waals surface area contributed by atoms with E-state index < -0.39 is 17.7 Å². The normalized spacial score (nSPS) is 16.9. The largest absolute Gasteiger partial charge is 0.507 e. The Morgan fingerprint density at radius 3 is 2.50 bits per heavy atom. The number of rotatable bonds is 11. The standard InChI is InChI=1S/C28H34N2O6/c1-7-15-36-22-12-9-19(17-23(22)34-6)25-24(27(32)28(33)30(25)14-13-29(4)5)26(31)21-11-10-20(35-8-2)16-18(21)3/h7,9-12,16-17,25,31H,1,8,13-15H2,2-6H3. The fourth-order valence-electron chi connectivity index (χ4n) is 4.19. The van der Waals surface area contributed by atoms with Crippen LogP contribution in [0.1, 0.15) is 29.7 Å². The number of ether oxygens (including phenoxy) is 3. The van der Waals surface area contributed by atoms with Crippen molar-refractivity contribution >= 4 is 17.4 Å². The zero-order chi connectivity index (χ0) is 26.4. The van der Waals surface area contributed by atoms with Crippen LogP contribution in [-0.4, -0.2) is 74.1 Å². The van der Waals surface area contributed by atoms with E-state index >= 15 is 0 Å². The average molecular weight is 495 g/mol. The van der Waals surface area contributed by atoms with Gasteiger partial charge in [0.05, 0.1) is 25.3 Å².